The van der Waals surface area contributed by atoms with Gasteiger partial charge < -0.3 is 18.8 Å². The summed E-state index contributed by atoms with van der Waals surface area (Å²) in [4.78, 5) is 4.95. The zero-order valence-electron chi connectivity index (χ0n) is 41.3. The van der Waals surface area contributed by atoms with Gasteiger partial charge in [0.2, 0.25) is 0 Å². The molecule has 0 amide bonds. The highest BCUT2D eigenvalue weighted by molar-refractivity contribution is 6.32. The van der Waals surface area contributed by atoms with Crippen molar-refractivity contribution in [3.63, 3.8) is 0 Å². The molecule has 342 valence electrons. The molecule has 0 N–H and O–H groups in total. The van der Waals surface area contributed by atoms with Gasteiger partial charge in [-0.05, 0) is 131 Å². The summed E-state index contributed by atoms with van der Waals surface area (Å²) in [5, 5.41) is 9.40. The van der Waals surface area contributed by atoms with Crippen LogP contribution in [0, 0.1) is 13.8 Å². The zero-order chi connectivity index (χ0) is 48.1. The molecule has 4 heteroatoms. The van der Waals surface area contributed by atoms with Gasteiger partial charge in [0.1, 0.15) is 11.2 Å². The number of aromatic nitrogens is 1. The molecule has 0 aliphatic carbocycles. The Labute approximate surface area is 410 Å². The van der Waals surface area contributed by atoms with Crippen molar-refractivity contribution in [2.75, 3.05) is 9.80 Å². The SMILES string of the molecule is Cc1ccccc1N(c1ccc(C(C)(C)C)cc1)c1cc2c(c3ccccc13)c1c3ccccc3c(N(c3ccc(C(C)(C)C)cc3)c3ccccc3C)cc1n2-c1ccc2oc3ccccc3c2c1. The van der Waals surface area contributed by atoms with Gasteiger partial charge in [-0.25, -0.2) is 0 Å². The number of rotatable bonds is 7. The molecule has 0 atom stereocenters. The maximum Gasteiger partial charge on any atom is 0.135 e. The topological polar surface area (TPSA) is 24.6 Å². The van der Waals surface area contributed by atoms with E-state index in [2.05, 4.69) is 264 Å². The Morgan fingerprint density at radius 3 is 1.21 bits per heavy atom. The minimum atomic E-state index is 0.0201. The van der Waals surface area contributed by atoms with Crippen LogP contribution in [0.4, 0.5) is 34.1 Å². The average Bonchev–Trinajstić information content (AvgIpc) is 3.90. The number of furan rings is 1. The van der Waals surface area contributed by atoms with Gasteiger partial charge >= 0.3 is 0 Å². The van der Waals surface area contributed by atoms with E-state index in [4.69, 9.17) is 4.42 Å². The Kier molecular flexibility index (Phi) is 10.0. The molecule has 12 rings (SSSR count). The second-order valence-corrected chi connectivity index (χ2v) is 21.1. The lowest BCUT2D eigenvalue weighted by atomic mass is 9.87. The number of benzene rings is 10. The minimum absolute atomic E-state index is 0.0201. The first-order valence-electron chi connectivity index (χ1n) is 24.6. The first kappa shape index (κ1) is 43.2. The van der Waals surface area contributed by atoms with E-state index in [1.54, 1.807) is 0 Å². The monoisotopic (exact) mass is 907 g/mol. The molecule has 2 heterocycles. The molecule has 0 aliphatic heterocycles. The number of anilines is 6. The molecule has 0 saturated carbocycles. The van der Waals surface area contributed by atoms with Gasteiger partial charge in [-0.1, -0.05) is 169 Å². The fourth-order valence-electron chi connectivity index (χ4n) is 10.9. The summed E-state index contributed by atoms with van der Waals surface area (Å²) in [6.45, 7) is 18.1. The van der Waals surface area contributed by atoms with Crippen molar-refractivity contribution in [1.29, 1.82) is 0 Å². The van der Waals surface area contributed by atoms with Gasteiger partial charge in [-0.3, -0.25) is 0 Å². The molecule has 0 saturated heterocycles. The number of para-hydroxylation sites is 3. The molecule has 0 spiro atoms. The molecule has 4 nitrogen and oxygen atoms in total. The Morgan fingerprint density at radius 1 is 0.357 bits per heavy atom. The van der Waals surface area contributed by atoms with Gasteiger partial charge in [-0.15, -0.1) is 0 Å². The van der Waals surface area contributed by atoms with Gasteiger partial charge in [0, 0.05) is 60.8 Å². The van der Waals surface area contributed by atoms with Crippen LogP contribution >= 0.6 is 0 Å². The summed E-state index contributed by atoms with van der Waals surface area (Å²) < 4.78 is 8.99. The average molecular weight is 908 g/mol. The van der Waals surface area contributed by atoms with E-state index in [-0.39, 0.29) is 10.8 Å². The lowest BCUT2D eigenvalue weighted by molar-refractivity contribution is 0.590. The molecule has 10 aromatic carbocycles. The molecule has 12 aromatic rings. The number of aryl methyl sites for hydroxylation is 2. The van der Waals surface area contributed by atoms with E-state index < -0.39 is 0 Å². The van der Waals surface area contributed by atoms with Crippen LogP contribution in [0.5, 0.6) is 0 Å². The molecule has 0 fully saturated rings. The van der Waals surface area contributed by atoms with Crippen molar-refractivity contribution in [2.45, 2.75) is 66.2 Å². The summed E-state index contributed by atoms with van der Waals surface area (Å²) in [5.41, 5.74) is 16.9. The van der Waals surface area contributed by atoms with E-state index in [1.807, 2.05) is 6.07 Å². The minimum Gasteiger partial charge on any atom is -0.456 e. The van der Waals surface area contributed by atoms with E-state index >= 15 is 0 Å². The first-order chi connectivity index (χ1) is 33.8. The van der Waals surface area contributed by atoms with Crippen LogP contribution in [0.1, 0.15) is 63.8 Å². The predicted octanol–water partition coefficient (Wildman–Crippen LogP) is 19.1. The van der Waals surface area contributed by atoms with Crippen LogP contribution in [0.2, 0.25) is 0 Å². The molecule has 0 bridgehead atoms. The highest BCUT2D eigenvalue weighted by Crippen LogP contribution is 2.51. The van der Waals surface area contributed by atoms with Crippen LogP contribution in [-0.4, -0.2) is 4.57 Å². The number of hydrogen-bond acceptors (Lipinski definition) is 3. The normalized spacial score (nSPS) is 12.3. The zero-order valence-corrected chi connectivity index (χ0v) is 41.3. The van der Waals surface area contributed by atoms with Gasteiger partial charge in [0.25, 0.3) is 0 Å². The molecular formula is C66H57N3O. The summed E-state index contributed by atoms with van der Waals surface area (Å²) in [6.07, 6.45) is 0. The molecule has 70 heavy (non-hydrogen) atoms. The van der Waals surface area contributed by atoms with Crippen molar-refractivity contribution in [2.24, 2.45) is 0 Å². The fourth-order valence-corrected chi connectivity index (χ4v) is 10.9. The number of fused-ring (bicyclic) bond motifs is 10. The predicted molar refractivity (Wildman–Crippen MR) is 299 cm³/mol. The van der Waals surface area contributed by atoms with Crippen LogP contribution < -0.4 is 9.80 Å². The molecule has 2 aromatic heterocycles. The second kappa shape index (κ2) is 16.3. The maximum atomic E-state index is 6.47. The fraction of sp³-hybridized carbons (Fsp3) is 0.152. The number of hydrogen-bond donors (Lipinski definition) is 0. The van der Waals surface area contributed by atoms with Crippen LogP contribution in [-0.2, 0) is 10.8 Å². The van der Waals surface area contributed by atoms with Crippen LogP contribution in [0.15, 0.2) is 205 Å². The Balaban J connectivity index is 1.24. The third kappa shape index (κ3) is 7.04. The molecule has 0 unspecified atom stereocenters. The third-order valence-corrected chi connectivity index (χ3v) is 14.5. The standard InChI is InChI=1S/C66H57N3O/c1-42-19-9-16-26-55(42)67(46-33-29-44(30-34-46)65(3,4)5)57-40-59-63(52-24-13-11-21-49(52)57)64-53-25-14-12-22-50(53)58(68(56-27-17-10-20-43(56)2)47-35-31-45(32-36-47)66(6,7)8)41-60(64)69(59)48-37-38-62-54(39-48)51-23-15-18-28-61(51)70-62/h9-41H,1-8H3. The van der Waals surface area contributed by atoms with Crippen molar-refractivity contribution < 1.29 is 4.42 Å². The van der Waals surface area contributed by atoms with Gasteiger partial charge in [-0.2, -0.15) is 0 Å². The molecular weight excluding hydrogens is 851 g/mol. The van der Waals surface area contributed by atoms with Crippen molar-refractivity contribution in [3.8, 4) is 5.69 Å². The van der Waals surface area contributed by atoms with E-state index in [1.165, 1.54) is 54.6 Å². The van der Waals surface area contributed by atoms with E-state index in [0.717, 1.165) is 72.8 Å². The van der Waals surface area contributed by atoms with Crippen molar-refractivity contribution >= 4 is 99.4 Å². The van der Waals surface area contributed by atoms with Crippen molar-refractivity contribution in [1.82, 2.24) is 4.57 Å². The largest absolute Gasteiger partial charge is 0.456 e. The summed E-state index contributed by atoms with van der Waals surface area (Å²) in [5.74, 6) is 0. The summed E-state index contributed by atoms with van der Waals surface area (Å²) in [7, 11) is 0. The van der Waals surface area contributed by atoms with Gasteiger partial charge in [0.15, 0.2) is 0 Å². The van der Waals surface area contributed by atoms with Crippen molar-refractivity contribution in [3.05, 3.63) is 222 Å². The smallest absolute Gasteiger partial charge is 0.135 e. The third-order valence-electron chi connectivity index (χ3n) is 14.5. The number of nitrogens with zero attached hydrogens (tertiary/aromatic N) is 3. The molecule has 0 aliphatic rings. The first-order valence-corrected chi connectivity index (χ1v) is 24.6. The Bertz CT molecular complexity index is 3780. The van der Waals surface area contributed by atoms with E-state index in [9.17, 15) is 0 Å². The quantitative estimate of drug-likeness (QED) is 0.159. The van der Waals surface area contributed by atoms with Gasteiger partial charge in [0.05, 0.1) is 22.4 Å². The van der Waals surface area contributed by atoms with Crippen LogP contribution in [0.3, 0.4) is 0 Å². The maximum absolute atomic E-state index is 6.47. The summed E-state index contributed by atoms with van der Waals surface area (Å²) in [6, 6.07) is 74.0. The second-order valence-electron chi connectivity index (χ2n) is 21.1. The summed E-state index contributed by atoms with van der Waals surface area (Å²) >= 11 is 0. The lowest BCUT2D eigenvalue weighted by Crippen LogP contribution is -2.14. The highest BCUT2D eigenvalue weighted by Gasteiger charge is 2.27. The van der Waals surface area contributed by atoms with E-state index in [0.29, 0.717) is 0 Å². The Morgan fingerprint density at radius 2 is 0.757 bits per heavy atom. The Hall–Kier alpha value is -8.08. The lowest BCUT2D eigenvalue weighted by Gasteiger charge is -2.29. The van der Waals surface area contributed by atoms with Crippen LogP contribution in [0.25, 0.3) is 71.0 Å². The molecule has 0 radical (unpaired) electrons. The highest BCUT2D eigenvalue weighted by atomic mass is 16.3.